The summed E-state index contributed by atoms with van der Waals surface area (Å²) in [6.07, 6.45) is 2.03. The van der Waals surface area contributed by atoms with Crippen molar-refractivity contribution in [3.63, 3.8) is 0 Å². The van der Waals surface area contributed by atoms with Crippen molar-refractivity contribution < 1.29 is 9.53 Å². The van der Waals surface area contributed by atoms with E-state index in [4.69, 9.17) is 10.5 Å². The quantitative estimate of drug-likeness (QED) is 0.593. The second kappa shape index (κ2) is 8.43. The smallest absolute Gasteiger partial charge is 0.282 e. The molecule has 0 fully saturated rings. The number of nitrogen functional groups attached to an aromatic ring is 1. The molecule has 148 valence electrons. The monoisotopic (exact) mass is 400 g/mol. The molecule has 3 N–H and O–H groups in total. The minimum atomic E-state index is -0.352. The molecule has 0 atom stereocenters. The number of benzene rings is 1. The van der Waals surface area contributed by atoms with Crippen LogP contribution in [0.5, 0.6) is 5.75 Å². The standard InChI is InChI=1S/C20H24N4O3S/c1-4-5-10-27-14-8-6-13(7-9-14)24-20(26)16-15(11-28-18(16)21)17(23-24)19(25)22-12(2)3/h6-9,11-12H,4-5,10,21H2,1-3H3,(H,22,25). The highest BCUT2D eigenvalue weighted by Crippen LogP contribution is 2.27. The Bertz CT molecular complexity index is 1040. The fraction of sp³-hybridized carbons (Fsp3) is 0.350. The summed E-state index contributed by atoms with van der Waals surface area (Å²) >= 11 is 1.22. The Kier molecular flexibility index (Phi) is 5.99. The first kappa shape index (κ1) is 19.9. The first-order valence-electron chi connectivity index (χ1n) is 9.26. The van der Waals surface area contributed by atoms with E-state index in [2.05, 4.69) is 17.3 Å². The number of thiophene rings is 1. The molecule has 2 heterocycles. The third-order valence-electron chi connectivity index (χ3n) is 4.16. The van der Waals surface area contributed by atoms with E-state index in [0.29, 0.717) is 28.1 Å². The van der Waals surface area contributed by atoms with E-state index in [1.807, 2.05) is 13.8 Å². The summed E-state index contributed by atoms with van der Waals surface area (Å²) in [7, 11) is 0. The van der Waals surface area contributed by atoms with Crippen molar-refractivity contribution in [3.05, 3.63) is 45.7 Å². The molecule has 0 bridgehead atoms. The van der Waals surface area contributed by atoms with Gasteiger partial charge in [0.1, 0.15) is 5.75 Å². The van der Waals surface area contributed by atoms with Crippen molar-refractivity contribution >= 4 is 33.0 Å². The summed E-state index contributed by atoms with van der Waals surface area (Å²) in [5, 5.41) is 10.0. The van der Waals surface area contributed by atoms with Gasteiger partial charge in [0.2, 0.25) is 0 Å². The van der Waals surface area contributed by atoms with Crippen molar-refractivity contribution in [2.24, 2.45) is 0 Å². The molecule has 0 spiro atoms. The van der Waals surface area contributed by atoms with E-state index in [1.54, 1.807) is 29.6 Å². The summed E-state index contributed by atoms with van der Waals surface area (Å²) in [6, 6.07) is 7.00. The lowest BCUT2D eigenvalue weighted by atomic mass is 10.2. The van der Waals surface area contributed by atoms with Gasteiger partial charge in [-0.1, -0.05) is 13.3 Å². The zero-order chi connectivity index (χ0) is 20.3. The van der Waals surface area contributed by atoms with Gasteiger partial charge >= 0.3 is 0 Å². The second-order valence-corrected chi connectivity index (χ2v) is 7.69. The summed E-state index contributed by atoms with van der Waals surface area (Å²) in [6.45, 7) is 6.48. The number of hydrogen-bond donors (Lipinski definition) is 2. The molecule has 0 saturated heterocycles. The summed E-state index contributed by atoms with van der Waals surface area (Å²) in [5.74, 6) is 0.380. The van der Waals surface area contributed by atoms with E-state index in [-0.39, 0.29) is 23.2 Å². The van der Waals surface area contributed by atoms with E-state index in [9.17, 15) is 9.59 Å². The van der Waals surface area contributed by atoms with Crippen LogP contribution in [0.1, 0.15) is 44.1 Å². The van der Waals surface area contributed by atoms with Crippen LogP contribution in [0.25, 0.3) is 16.5 Å². The lowest BCUT2D eigenvalue weighted by Gasteiger charge is -2.12. The van der Waals surface area contributed by atoms with Crippen LogP contribution in [0.3, 0.4) is 0 Å². The molecule has 3 rings (SSSR count). The minimum absolute atomic E-state index is 0.0553. The summed E-state index contributed by atoms with van der Waals surface area (Å²) in [4.78, 5) is 25.6. The molecule has 0 unspecified atom stereocenters. The number of nitrogens with zero attached hydrogens (tertiary/aromatic N) is 2. The Morgan fingerprint density at radius 2 is 2.04 bits per heavy atom. The normalized spacial score (nSPS) is 11.1. The average molecular weight is 401 g/mol. The van der Waals surface area contributed by atoms with Crippen LogP contribution in [-0.4, -0.2) is 28.3 Å². The third-order valence-corrected chi connectivity index (χ3v) is 4.98. The minimum Gasteiger partial charge on any atom is -0.494 e. The number of hydrogen-bond acceptors (Lipinski definition) is 6. The molecule has 2 aromatic heterocycles. The van der Waals surface area contributed by atoms with Crippen molar-refractivity contribution in [3.8, 4) is 11.4 Å². The Morgan fingerprint density at radius 1 is 1.32 bits per heavy atom. The molecule has 7 nitrogen and oxygen atoms in total. The maximum absolute atomic E-state index is 13.0. The Labute approximate surface area is 167 Å². The highest BCUT2D eigenvalue weighted by atomic mass is 32.1. The van der Waals surface area contributed by atoms with Crippen LogP contribution in [0.2, 0.25) is 0 Å². The number of anilines is 1. The van der Waals surface area contributed by atoms with Crippen LogP contribution >= 0.6 is 11.3 Å². The predicted octanol–water partition coefficient (Wildman–Crippen LogP) is 3.35. The number of carbonyl (C=O) groups is 1. The topological polar surface area (TPSA) is 99.2 Å². The van der Waals surface area contributed by atoms with Crippen LogP contribution in [0, 0.1) is 0 Å². The number of rotatable bonds is 7. The molecule has 0 aliphatic rings. The molecule has 0 aliphatic heterocycles. The Balaban J connectivity index is 2.05. The number of ether oxygens (including phenoxy) is 1. The molecule has 0 aliphatic carbocycles. The lowest BCUT2D eigenvalue weighted by molar-refractivity contribution is 0.0938. The van der Waals surface area contributed by atoms with Gasteiger partial charge in [-0.15, -0.1) is 11.3 Å². The fourth-order valence-corrected chi connectivity index (χ4v) is 3.55. The van der Waals surface area contributed by atoms with Crippen LogP contribution in [0.4, 0.5) is 5.00 Å². The Morgan fingerprint density at radius 3 is 2.68 bits per heavy atom. The fourth-order valence-electron chi connectivity index (χ4n) is 2.76. The maximum Gasteiger partial charge on any atom is 0.282 e. The molecular weight excluding hydrogens is 376 g/mol. The van der Waals surface area contributed by atoms with Gasteiger partial charge in [-0.25, -0.2) is 0 Å². The SMILES string of the molecule is CCCCOc1ccc(-n2nc(C(=O)NC(C)C)c3csc(N)c3c2=O)cc1. The number of fused-ring (bicyclic) bond motifs is 1. The maximum atomic E-state index is 13.0. The highest BCUT2D eigenvalue weighted by molar-refractivity contribution is 7.15. The molecular formula is C20H24N4O3S. The van der Waals surface area contributed by atoms with Crippen molar-refractivity contribution in [2.45, 2.75) is 39.7 Å². The van der Waals surface area contributed by atoms with Crippen LogP contribution < -0.4 is 21.3 Å². The molecule has 1 aromatic carbocycles. The van der Waals surface area contributed by atoms with E-state index in [1.165, 1.54) is 16.0 Å². The van der Waals surface area contributed by atoms with Crippen molar-refractivity contribution in [1.29, 1.82) is 0 Å². The number of nitrogens with two attached hydrogens (primary N) is 1. The van der Waals surface area contributed by atoms with Gasteiger partial charge in [-0.05, 0) is 44.5 Å². The zero-order valence-corrected chi connectivity index (χ0v) is 17.0. The molecule has 28 heavy (non-hydrogen) atoms. The molecule has 0 saturated carbocycles. The molecule has 8 heteroatoms. The van der Waals surface area contributed by atoms with E-state index >= 15 is 0 Å². The van der Waals surface area contributed by atoms with Gasteiger partial charge in [-0.3, -0.25) is 9.59 Å². The van der Waals surface area contributed by atoms with Gasteiger partial charge in [-0.2, -0.15) is 9.78 Å². The van der Waals surface area contributed by atoms with Gasteiger partial charge in [0.15, 0.2) is 5.69 Å². The van der Waals surface area contributed by atoms with E-state index < -0.39 is 0 Å². The number of amides is 1. The van der Waals surface area contributed by atoms with E-state index in [0.717, 1.165) is 18.6 Å². The van der Waals surface area contributed by atoms with Gasteiger partial charge < -0.3 is 15.8 Å². The van der Waals surface area contributed by atoms with Gasteiger partial charge in [0, 0.05) is 16.8 Å². The highest BCUT2D eigenvalue weighted by Gasteiger charge is 2.21. The van der Waals surface area contributed by atoms with Gasteiger partial charge in [0.05, 0.1) is 22.7 Å². The molecule has 1 amide bonds. The predicted molar refractivity (Wildman–Crippen MR) is 113 cm³/mol. The van der Waals surface area contributed by atoms with Crippen molar-refractivity contribution in [2.75, 3.05) is 12.3 Å². The largest absolute Gasteiger partial charge is 0.494 e. The van der Waals surface area contributed by atoms with Crippen molar-refractivity contribution in [1.82, 2.24) is 15.1 Å². The zero-order valence-electron chi connectivity index (χ0n) is 16.2. The lowest BCUT2D eigenvalue weighted by Crippen LogP contribution is -2.33. The second-order valence-electron chi connectivity index (χ2n) is 6.78. The number of aromatic nitrogens is 2. The first-order chi connectivity index (χ1) is 13.4. The summed E-state index contributed by atoms with van der Waals surface area (Å²) in [5.41, 5.74) is 6.38. The first-order valence-corrected chi connectivity index (χ1v) is 10.1. The molecule has 0 radical (unpaired) electrons. The Hall–Kier alpha value is -2.87. The third kappa shape index (κ3) is 4.01. The van der Waals surface area contributed by atoms with Crippen LogP contribution in [-0.2, 0) is 0 Å². The summed E-state index contributed by atoms with van der Waals surface area (Å²) < 4.78 is 6.88. The molecule has 3 aromatic rings. The van der Waals surface area contributed by atoms with Gasteiger partial charge in [0.25, 0.3) is 11.5 Å². The average Bonchev–Trinajstić information content (AvgIpc) is 3.05. The van der Waals surface area contributed by atoms with Crippen LogP contribution in [0.15, 0.2) is 34.4 Å². The number of unbranched alkanes of at least 4 members (excludes halogenated alkanes) is 1. The number of carbonyl (C=O) groups excluding carboxylic acids is 1. The number of nitrogens with one attached hydrogen (secondary N) is 1.